The van der Waals surface area contributed by atoms with Crippen molar-refractivity contribution in [3.63, 3.8) is 0 Å². The Labute approximate surface area is 91.0 Å². The zero-order valence-electron chi connectivity index (χ0n) is 8.41. The summed E-state index contributed by atoms with van der Waals surface area (Å²) in [6.45, 7) is 0.703. The summed E-state index contributed by atoms with van der Waals surface area (Å²) >= 11 is 0. The van der Waals surface area contributed by atoms with Gasteiger partial charge in [-0.05, 0) is 12.1 Å². The number of carbonyl (C=O) groups is 1. The van der Waals surface area contributed by atoms with E-state index in [1.54, 1.807) is 0 Å². The van der Waals surface area contributed by atoms with Crippen molar-refractivity contribution < 1.29 is 23.0 Å². The van der Waals surface area contributed by atoms with E-state index in [1.165, 1.54) is 0 Å². The molecule has 1 aromatic carbocycles. The molecule has 1 aromatic rings. The molecule has 5 heteroatoms. The Bertz CT molecular complexity index is 402. The lowest BCUT2D eigenvalue weighted by Gasteiger charge is -2.25. The molecule has 0 spiro atoms. The van der Waals surface area contributed by atoms with Gasteiger partial charge in [0.05, 0.1) is 18.8 Å². The first-order valence-corrected chi connectivity index (χ1v) is 4.84. The Morgan fingerprint density at radius 1 is 1.44 bits per heavy atom. The van der Waals surface area contributed by atoms with E-state index in [-0.39, 0.29) is 18.3 Å². The number of ether oxygens (including phenoxy) is 2. The highest BCUT2D eigenvalue weighted by Crippen LogP contribution is 2.12. The van der Waals surface area contributed by atoms with Gasteiger partial charge < -0.3 is 9.47 Å². The first-order valence-electron chi connectivity index (χ1n) is 4.84. The number of Topliss-reactive ketones (excluding diaryl/α,β-unsaturated/α-hetero) is 1. The van der Waals surface area contributed by atoms with Gasteiger partial charge in [0.25, 0.3) is 0 Å². The number of ketones is 1. The molecule has 0 aromatic heterocycles. The van der Waals surface area contributed by atoms with Crippen LogP contribution >= 0.6 is 0 Å². The number of hydrogen-bond acceptors (Lipinski definition) is 3. The molecular weight excluding hydrogens is 218 g/mol. The molecule has 0 aliphatic carbocycles. The zero-order valence-corrected chi connectivity index (χ0v) is 8.41. The Morgan fingerprint density at radius 2 is 2.19 bits per heavy atom. The summed E-state index contributed by atoms with van der Waals surface area (Å²) in [7, 11) is 0. The molecule has 1 saturated heterocycles. The van der Waals surface area contributed by atoms with Crippen molar-refractivity contribution >= 4 is 5.78 Å². The summed E-state index contributed by atoms with van der Waals surface area (Å²) in [5.41, 5.74) is -0.151. The summed E-state index contributed by atoms with van der Waals surface area (Å²) in [6.07, 6.45) is -0.0903. The topological polar surface area (TPSA) is 35.5 Å². The fourth-order valence-corrected chi connectivity index (χ4v) is 1.30. The number of benzene rings is 1. The second-order valence-electron chi connectivity index (χ2n) is 3.52. The Morgan fingerprint density at radius 3 is 2.75 bits per heavy atom. The quantitative estimate of drug-likeness (QED) is 0.734. The van der Waals surface area contributed by atoms with E-state index in [1.807, 2.05) is 0 Å². The van der Waals surface area contributed by atoms with Crippen LogP contribution in [0.1, 0.15) is 10.4 Å². The van der Waals surface area contributed by atoms with E-state index >= 15 is 0 Å². The van der Waals surface area contributed by atoms with Crippen LogP contribution in [0.2, 0.25) is 0 Å². The maximum absolute atomic E-state index is 13.2. The minimum Gasteiger partial charge on any atom is -0.376 e. The summed E-state index contributed by atoms with van der Waals surface area (Å²) in [6, 6.07) is 2.84. The highest BCUT2D eigenvalue weighted by molar-refractivity contribution is 5.97. The average molecular weight is 228 g/mol. The molecule has 3 nitrogen and oxygen atoms in total. The summed E-state index contributed by atoms with van der Waals surface area (Å²) in [4.78, 5) is 11.5. The van der Waals surface area contributed by atoms with Gasteiger partial charge in [-0.1, -0.05) is 0 Å². The molecule has 1 fully saturated rings. The predicted molar refractivity (Wildman–Crippen MR) is 51.2 cm³/mol. The zero-order chi connectivity index (χ0) is 11.5. The van der Waals surface area contributed by atoms with Crippen molar-refractivity contribution in [2.45, 2.75) is 6.10 Å². The highest BCUT2D eigenvalue weighted by atomic mass is 19.1. The lowest BCUT2D eigenvalue weighted by Crippen LogP contribution is -2.37. The monoisotopic (exact) mass is 228 g/mol. The van der Waals surface area contributed by atoms with E-state index in [0.717, 1.165) is 12.1 Å². The maximum Gasteiger partial charge on any atom is 0.191 e. The van der Waals surface area contributed by atoms with Crippen molar-refractivity contribution in [2.24, 2.45) is 0 Å². The molecule has 0 radical (unpaired) electrons. The van der Waals surface area contributed by atoms with Gasteiger partial charge in [0, 0.05) is 6.07 Å². The number of hydrogen-bond donors (Lipinski definition) is 0. The van der Waals surface area contributed by atoms with Crippen molar-refractivity contribution in [2.75, 3.05) is 19.8 Å². The standard InChI is InChI=1S/C11H10F2O3/c12-7-1-2-9(10(13)3-7)11(14)6-16-8-4-15-5-8/h1-3,8H,4-6H2. The maximum atomic E-state index is 13.2. The molecule has 86 valence electrons. The fourth-order valence-electron chi connectivity index (χ4n) is 1.30. The first-order chi connectivity index (χ1) is 7.66. The SMILES string of the molecule is O=C(COC1COC1)c1ccc(F)cc1F. The molecule has 1 aliphatic heterocycles. The number of carbonyl (C=O) groups excluding carboxylic acids is 1. The van der Waals surface area contributed by atoms with Crippen LogP contribution in [0.15, 0.2) is 18.2 Å². The molecule has 16 heavy (non-hydrogen) atoms. The van der Waals surface area contributed by atoms with Crippen LogP contribution in [0, 0.1) is 11.6 Å². The summed E-state index contributed by atoms with van der Waals surface area (Å²) in [5, 5.41) is 0. The van der Waals surface area contributed by atoms with Crippen LogP contribution in [0.25, 0.3) is 0 Å². The van der Waals surface area contributed by atoms with Gasteiger partial charge >= 0.3 is 0 Å². The van der Waals surface area contributed by atoms with Gasteiger partial charge in [-0.3, -0.25) is 4.79 Å². The predicted octanol–water partition coefficient (Wildman–Crippen LogP) is 1.56. The van der Waals surface area contributed by atoms with E-state index in [4.69, 9.17) is 9.47 Å². The van der Waals surface area contributed by atoms with Crippen LogP contribution in [0.3, 0.4) is 0 Å². The van der Waals surface area contributed by atoms with E-state index < -0.39 is 17.4 Å². The van der Waals surface area contributed by atoms with E-state index in [0.29, 0.717) is 19.3 Å². The Kier molecular flexibility index (Phi) is 3.26. The van der Waals surface area contributed by atoms with E-state index in [2.05, 4.69) is 0 Å². The lowest BCUT2D eigenvalue weighted by molar-refractivity contribution is -0.123. The Balaban J connectivity index is 1.96. The van der Waals surface area contributed by atoms with Crippen molar-refractivity contribution in [1.82, 2.24) is 0 Å². The molecular formula is C11H10F2O3. The second-order valence-corrected chi connectivity index (χ2v) is 3.52. The minimum atomic E-state index is -0.863. The van der Waals surface area contributed by atoms with Crippen LogP contribution in [0.4, 0.5) is 8.78 Å². The molecule has 0 unspecified atom stereocenters. The molecule has 0 atom stereocenters. The molecule has 1 heterocycles. The van der Waals surface area contributed by atoms with Gasteiger partial charge in [0.1, 0.15) is 24.3 Å². The third-order valence-electron chi connectivity index (χ3n) is 2.29. The van der Waals surface area contributed by atoms with Crippen LogP contribution in [0.5, 0.6) is 0 Å². The molecule has 1 aliphatic rings. The fraction of sp³-hybridized carbons (Fsp3) is 0.364. The Hall–Kier alpha value is -1.33. The van der Waals surface area contributed by atoms with Crippen LogP contribution < -0.4 is 0 Å². The second kappa shape index (κ2) is 4.67. The molecule has 0 N–H and O–H groups in total. The number of rotatable bonds is 4. The number of halogens is 2. The van der Waals surface area contributed by atoms with Crippen molar-refractivity contribution in [3.8, 4) is 0 Å². The minimum absolute atomic E-state index is 0.0903. The van der Waals surface area contributed by atoms with E-state index in [9.17, 15) is 13.6 Å². The van der Waals surface area contributed by atoms with Gasteiger partial charge in [-0.2, -0.15) is 0 Å². The highest BCUT2D eigenvalue weighted by Gasteiger charge is 2.21. The van der Waals surface area contributed by atoms with Gasteiger partial charge in [-0.15, -0.1) is 0 Å². The van der Waals surface area contributed by atoms with Gasteiger partial charge in [0.2, 0.25) is 0 Å². The largest absolute Gasteiger partial charge is 0.376 e. The summed E-state index contributed by atoms with van der Waals surface area (Å²) < 4.78 is 35.8. The molecule has 0 saturated carbocycles. The van der Waals surface area contributed by atoms with Crippen LogP contribution in [-0.2, 0) is 9.47 Å². The van der Waals surface area contributed by atoms with Crippen LogP contribution in [-0.4, -0.2) is 31.7 Å². The summed E-state index contributed by atoms with van der Waals surface area (Å²) in [5.74, 6) is -2.06. The average Bonchev–Trinajstić information content (AvgIpc) is 2.14. The molecule has 2 rings (SSSR count). The lowest BCUT2D eigenvalue weighted by atomic mass is 10.1. The first kappa shape index (κ1) is 11.2. The van der Waals surface area contributed by atoms with Crippen molar-refractivity contribution in [3.05, 3.63) is 35.4 Å². The van der Waals surface area contributed by atoms with Gasteiger partial charge in [0.15, 0.2) is 5.78 Å². The molecule has 0 amide bonds. The smallest absolute Gasteiger partial charge is 0.191 e. The molecule has 0 bridgehead atoms. The van der Waals surface area contributed by atoms with Crippen molar-refractivity contribution in [1.29, 1.82) is 0 Å². The third-order valence-corrected chi connectivity index (χ3v) is 2.29. The normalized spacial score (nSPS) is 15.9. The third kappa shape index (κ3) is 2.43. The van der Waals surface area contributed by atoms with Gasteiger partial charge in [-0.25, -0.2) is 8.78 Å².